The van der Waals surface area contributed by atoms with E-state index < -0.39 is 6.04 Å². The maximum absolute atomic E-state index is 12.7. The molecule has 146 valence electrons. The fourth-order valence-electron chi connectivity index (χ4n) is 3.65. The number of nitrogens with zero attached hydrogens (tertiary/aromatic N) is 2. The molecule has 2 aliphatic rings. The van der Waals surface area contributed by atoms with E-state index >= 15 is 0 Å². The molecule has 1 atom stereocenters. The first-order valence-electron chi connectivity index (χ1n) is 9.39. The number of carbonyl (C=O) groups is 3. The monoisotopic (exact) mass is 373 g/mol. The molecule has 0 spiro atoms. The van der Waals surface area contributed by atoms with Gasteiger partial charge in [0.25, 0.3) is 0 Å². The highest BCUT2D eigenvalue weighted by atomic mass is 16.5. The second-order valence-electron chi connectivity index (χ2n) is 7.29. The van der Waals surface area contributed by atoms with E-state index in [4.69, 9.17) is 4.74 Å². The van der Waals surface area contributed by atoms with Gasteiger partial charge in [0.15, 0.2) is 0 Å². The Labute approximate surface area is 159 Å². The van der Waals surface area contributed by atoms with E-state index in [0.717, 1.165) is 22.4 Å². The number of methoxy groups -OCH3 is 1. The van der Waals surface area contributed by atoms with Crippen LogP contribution in [0.25, 0.3) is 0 Å². The van der Waals surface area contributed by atoms with Crippen molar-refractivity contribution in [2.24, 2.45) is 0 Å². The number of aryl methyl sites for hydroxylation is 2. The van der Waals surface area contributed by atoms with Gasteiger partial charge in [0.1, 0.15) is 11.8 Å². The van der Waals surface area contributed by atoms with E-state index in [1.165, 1.54) is 0 Å². The van der Waals surface area contributed by atoms with E-state index in [2.05, 4.69) is 5.32 Å². The molecule has 3 rings (SSSR count). The second kappa shape index (κ2) is 7.98. The minimum atomic E-state index is -0.403. The number of ether oxygens (including phenoxy) is 1. The zero-order valence-corrected chi connectivity index (χ0v) is 16.2. The van der Waals surface area contributed by atoms with Gasteiger partial charge in [-0.1, -0.05) is 6.07 Å². The van der Waals surface area contributed by atoms with Crippen LogP contribution in [0.2, 0.25) is 0 Å². The molecular weight excluding hydrogens is 346 g/mol. The summed E-state index contributed by atoms with van der Waals surface area (Å²) in [6, 6.07) is 3.57. The number of amides is 3. The number of hydrogen-bond donors (Lipinski definition) is 1. The summed E-state index contributed by atoms with van der Waals surface area (Å²) in [7, 11) is 1.62. The van der Waals surface area contributed by atoms with Gasteiger partial charge in [-0.15, -0.1) is 0 Å². The third-order valence-corrected chi connectivity index (χ3v) is 5.48. The smallest absolute Gasteiger partial charge is 0.245 e. The molecule has 0 aliphatic carbocycles. The normalized spacial score (nSPS) is 19.8. The van der Waals surface area contributed by atoms with Crippen LogP contribution in [-0.2, 0) is 20.8 Å². The van der Waals surface area contributed by atoms with Gasteiger partial charge in [-0.25, -0.2) is 0 Å². The van der Waals surface area contributed by atoms with E-state index in [0.29, 0.717) is 39.0 Å². The van der Waals surface area contributed by atoms with Crippen LogP contribution in [0.5, 0.6) is 5.75 Å². The summed E-state index contributed by atoms with van der Waals surface area (Å²) in [4.78, 5) is 40.0. The van der Waals surface area contributed by atoms with Gasteiger partial charge in [-0.2, -0.15) is 0 Å². The number of nitrogens with one attached hydrogen (secondary N) is 1. The van der Waals surface area contributed by atoms with Crippen LogP contribution in [-0.4, -0.2) is 66.9 Å². The molecule has 1 unspecified atom stereocenters. The fourth-order valence-corrected chi connectivity index (χ4v) is 3.65. The van der Waals surface area contributed by atoms with Crippen molar-refractivity contribution in [3.05, 3.63) is 28.8 Å². The first-order chi connectivity index (χ1) is 12.9. The van der Waals surface area contributed by atoms with E-state index in [1.54, 1.807) is 16.9 Å². The lowest BCUT2D eigenvalue weighted by Gasteiger charge is -2.36. The standard InChI is InChI=1S/C20H27N3O4/c1-13-10-15(17(27-3)11-14(13)2)12-19(25)22-6-8-23(9-7-22)20(26)16-4-5-18(24)21-16/h10-11,16H,4-9,12H2,1-3H3,(H,21,24). The lowest BCUT2D eigenvalue weighted by Crippen LogP contribution is -2.54. The van der Waals surface area contributed by atoms with Crippen LogP contribution in [0, 0.1) is 13.8 Å². The summed E-state index contributed by atoms with van der Waals surface area (Å²) in [6.45, 7) is 6.07. The Kier molecular flexibility index (Phi) is 5.68. The average molecular weight is 373 g/mol. The van der Waals surface area contributed by atoms with Gasteiger partial charge in [0.2, 0.25) is 17.7 Å². The molecule has 7 heteroatoms. The predicted molar refractivity (Wildman–Crippen MR) is 100 cm³/mol. The SMILES string of the molecule is COc1cc(C)c(C)cc1CC(=O)N1CCN(C(=O)C2CCC(=O)N2)CC1. The van der Waals surface area contributed by atoms with Crippen LogP contribution in [0.1, 0.15) is 29.5 Å². The molecule has 2 fully saturated rings. The van der Waals surface area contributed by atoms with Crippen molar-refractivity contribution in [3.8, 4) is 5.75 Å². The third kappa shape index (κ3) is 4.23. The lowest BCUT2D eigenvalue weighted by atomic mass is 10.0. The van der Waals surface area contributed by atoms with Gasteiger partial charge >= 0.3 is 0 Å². The Morgan fingerprint density at radius 2 is 1.74 bits per heavy atom. The van der Waals surface area contributed by atoms with E-state index in [9.17, 15) is 14.4 Å². The minimum absolute atomic E-state index is 0.0382. The van der Waals surface area contributed by atoms with Crippen molar-refractivity contribution in [3.63, 3.8) is 0 Å². The summed E-state index contributed by atoms with van der Waals surface area (Å²) in [6.07, 6.45) is 1.26. The first-order valence-corrected chi connectivity index (χ1v) is 9.39. The summed E-state index contributed by atoms with van der Waals surface area (Å²) in [5.74, 6) is 0.670. The second-order valence-corrected chi connectivity index (χ2v) is 7.29. The predicted octanol–water partition coefficient (Wildman–Crippen LogP) is 0.804. The number of hydrogen-bond acceptors (Lipinski definition) is 4. The number of benzene rings is 1. The largest absolute Gasteiger partial charge is 0.496 e. The van der Waals surface area contributed by atoms with Crippen molar-refractivity contribution in [1.82, 2.24) is 15.1 Å². The molecule has 3 amide bonds. The Bertz CT molecular complexity index is 754. The van der Waals surface area contributed by atoms with E-state index in [1.807, 2.05) is 26.0 Å². The summed E-state index contributed by atoms with van der Waals surface area (Å²) >= 11 is 0. The van der Waals surface area contributed by atoms with E-state index in [-0.39, 0.29) is 24.1 Å². The molecule has 2 heterocycles. The van der Waals surface area contributed by atoms with Crippen LogP contribution in [0.3, 0.4) is 0 Å². The molecule has 2 saturated heterocycles. The highest BCUT2D eigenvalue weighted by Crippen LogP contribution is 2.24. The fraction of sp³-hybridized carbons (Fsp3) is 0.550. The zero-order valence-electron chi connectivity index (χ0n) is 16.2. The van der Waals surface area contributed by atoms with Crippen molar-refractivity contribution in [1.29, 1.82) is 0 Å². The van der Waals surface area contributed by atoms with Gasteiger partial charge < -0.3 is 19.9 Å². The molecule has 27 heavy (non-hydrogen) atoms. The van der Waals surface area contributed by atoms with Gasteiger partial charge in [-0.05, 0) is 37.5 Å². The lowest BCUT2D eigenvalue weighted by molar-refractivity contribution is -0.140. The van der Waals surface area contributed by atoms with Crippen LogP contribution >= 0.6 is 0 Å². The summed E-state index contributed by atoms with van der Waals surface area (Å²) in [5.41, 5.74) is 3.15. The number of carbonyl (C=O) groups excluding carboxylic acids is 3. The maximum Gasteiger partial charge on any atom is 0.245 e. The quantitative estimate of drug-likeness (QED) is 0.847. The zero-order chi connectivity index (χ0) is 19.6. The number of piperazine rings is 1. The van der Waals surface area contributed by atoms with Crippen molar-refractivity contribution in [2.45, 2.75) is 39.2 Å². The molecule has 1 aromatic rings. The van der Waals surface area contributed by atoms with Crippen LogP contribution in [0.15, 0.2) is 12.1 Å². The minimum Gasteiger partial charge on any atom is -0.496 e. The van der Waals surface area contributed by atoms with Crippen molar-refractivity contribution >= 4 is 17.7 Å². The Morgan fingerprint density at radius 1 is 1.11 bits per heavy atom. The summed E-state index contributed by atoms with van der Waals surface area (Å²) in [5, 5.41) is 2.72. The van der Waals surface area contributed by atoms with Gasteiger partial charge in [0, 0.05) is 38.2 Å². The third-order valence-electron chi connectivity index (χ3n) is 5.48. The number of rotatable bonds is 4. The Morgan fingerprint density at radius 3 is 2.33 bits per heavy atom. The summed E-state index contributed by atoms with van der Waals surface area (Å²) < 4.78 is 5.43. The molecule has 2 aliphatic heterocycles. The molecule has 0 radical (unpaired) electrons. The first kappa shape index (κ1) is 19.2. The topological polar surface area (TPSA) is 79.0 Å². The van der Waals surface area contributed by atoms with Gasteiger partial charge in [-0.3, -0.25) is 14.4 Å². The van der Waals surface area contributed by atoms with Crippen molar-refractivity contribution in [2.75, 3.05) is 33.3 Å². The molecule has 1 N–H and O–H groups in total. The molecule has 0 saturated carbocycles. The maximum atomic E-state index is 12.7. The average Bonchev–Trinajstić information content (AvgIpc) is 3.10. The molecule has 1 aromatic carbocycles. The molecule has 0 aromatic heterocycles. The molecule has 7 nitrogen and oxygen atoms in total. The van der Waals surface area contributed by atoms with Crippen LogP contribution in [0.4, 0.5) is 0 Å². The Hall–Kier alpha value is -2.57. The molecular formula is C20H27N3O4. The highest BCUT2D eigenvalue weighted by Gasteiger charge is 2.33. The van der Waals surface area contributed by atoms with Crippen LogP contribution < -0.4 is 10.1 Å². The van der Waals surface area contributed by atoms with Gasteiger partial charge in [0.05, 0.1) is 13.5 Å². The van der Waals surface area contributed by atoms with Crippen molar-refractivity contribution < 1.29 is 19.1 Å². The molecule has 0 bridgehead atoms. The highest BCUT2D eigenvalue weighted by molar-refractivity contribution is 5.91. The Balaban J connectivity index is 1.57.